The molecular formula is C11H11F2NO3. The number of aliphatic carboxylic acids is 1. The molecule has 0 radical (unpaired) electrons. The van der Waals surface area contributed by atoms with Gasteiger partial charge < -0.3 is 10.4 Å². The van der Waals surface area contributed by atoms with Crippen molar-refractivity contribution < 1.29 is 23.5 Å². The van der Waals surface area contributed by atoms with Gasteiger partial charge in [-0.25, -0.2) is 0 Å². The summed E-state index contributed by atoms with van der Waals surface area (Å²) < 4.78 is 27.1. The first-order valence-corrected chi connectivity index (χ1v) is 4.83. The minimum Gasteiger partial charge on any atom is -0.480 e. The quantitative estimate of drug-likeness (QED) is 0.839. The maximum atomic E-state index is 13.6. The molecule has 1 aromatic carbocycles. The number of alkyl halides is 2. The van der Waals surface area contributed by atoms with E-state index < -0.39 is 29.4 Å². The van der Waals surface area contributed by atoms with E-state index in [4.69, 9.17) is 5.11 Å². The molecule has 6 heteroatoms. The van der Waals surface area contributed by atoms with E-state index in [9.17, 15) is 18.4 Å². The lowest BCUT2D eigenvalue weighted by Crippen LogP contribution is -2.45. The van der Waals surface area contributed by atoms with Crippen LogP contribution in [0.5, 0.6) is 0 Å². The second kappa shape index (κ2) is 4.90. The Morgan fingerprint density at radius 1 is 1.29 bits per heavy atom. The molecule has 0 spiro atoms. The minimum absolute atomic E-state index is 0.477. The van der Waals surface area contributed by atoms with E-state index >= 15 is 0 Å². The summed E-state index contributed by atoms with van der Waals surface area (Å²) in [5, 5.41) is 10.2. The van der Waals surface area contributed by atoms with E-state index in [-0.39, 0.29) is 0 Å². The number of hydrogen-bond donors (Lipinski definition) is 2. The fourth-order valence-corrected chi connectivity index (χ4v) is 1.13. The summed E-state index contributed by atoms with van der Waals surface area (Å²) in [6.45, 7) is 1.11. The highest BCUT2D eigenvalue weighted by atomic mass is 19.3. The lowest BCUT2D eigenvalue weighted by molar-refractivity contribution is -0.151. The second-order valence-corrected chi connectivity index (χ2v) is 3.47. The van der Waals surface area contributed by atoms with Gasteiger partial charge in [-0.1, -0.05) is 30.3 Å². The summed E-state index contributed by atoms with van der Waals surface area (Å²) in [4.78, 5) is 21.7. The highest BCUT2D eigenvalue weighted by Gasteiger charge is 2.41. The molecule has 1 aromatic rings. The zero-order chi connectivity index (χ0) is 13.1. The number of hydrogen-bond acceptors (Lipinski definition) is 2. The van der Waals surface area contributed by atoms with Crippen molar-refractivity contribution in [3.63, 3.8) is 0 Å². The molecule has 1 atom stereocenters. The average Bonchev–Trinajstić information content (AvgIpc) is 2.29. The summed E-state index contributed by atoms with van der Waals surface area (Å²) in [5.74, 6) is -6.74. The third-order valence-electron chi connectivity index (χ3n) is 2.14. The predicted molar refractivity (Wildman–Crippen MR) is 55.6 cm³/mol. The Kier molecular flexibility index (Phi) is 3.77. The second-order valence-electron chi connectivity index (χ2n) is 3.47. The van der Waals surface area contributed by atoms with Crippen LogP contribution in [0.4, 0.5) is 8.78 Å². The molecule has 0 fully saturated rings. The van der Waals surface area contributed by atoms with Gasteiger partial charge in [0.05, 0.1) is 0 Å². The number of nitrogens with one attached hydrogen (secondary N) is 1. The van der Waals surface area contributed by atoms with Crippen LogP contribution in [-0.2, 0) is 15.5 Å². The van der Waals surface area contributed by atoms with Crippen LogP contribution in [0.15, 0.2) is 30.3 Å². The Labute approximate surface area is 96.3 Å². The van der Waals surface area contributed by atoms with E-state index in [2.05, 4.69) is 0 Å². The average molecular weight is 243 g/mol. The zero-order valence-electron chi connectivity index (χ0n) is 8.98. The molecule has 0 heterocycles. The molecule has 1 amide bonds. The normalized spacial score (nSPS) is 12.9. The molecule has 1 rings (SSSR count). The Hall–Kier alpha value is -1.98. The molecular weight excluding hydrogens is 232 g/mol. The van der Waals surface area contributed by atoms with Gasteiger partial charge in [-0.2, -0.15) is 8.78 Å². The molecule has 0 aliphatic rings. The Morgan fingerprint density at radius 3 is 2.29 bits per heavy atom. The van der Waals surface area contributed by atoms with Gasteiger partial charge in [-0.15, -0.1) is 0 Å². The van der Waals surface area contributed by atoms with Crippen LogP contribution in [-0.4, -0.2) is 23.0 Å². The van der Waals surface area contributed by atoms with Crippen molar-refractivity contribution >= 4 is 11.9 Å². The number of carbonyl (C=O) groups excluding carboxylic acids is 1. The first kappa shape index (κ1) is 13.1. The van der Waals surface area contributed by atoms with E-state index in [1.807, 2.05) is 0 Å². The van der Waals surface area contributed by atoms with E-state index in [1.165, 1.54) is 18.2 Å². The number of carbonyl (C=O) groups is 2. The Balaban J connectivity index is 2.84. The number of benzene rings is 1. The fraction of sp³-hybridized carbons (Fsp3) is 0.273. The molecule has 0 saturated heterocycles. The number of carboxylic acids is 1. The van der Waals surface area contributed by atoms with Crippen molar-refractivity contribution in [1.29, 1.82) is 0 Å². The van der Waals surface area contributed by atoms with Crippen LogP contribution in [0.2, 0.25) is 0 Å². The molecule has 0 aromatic heterocycles. The van der Waals surface area contributed by atoms with Crippen LogP contribution >= 0.6 is 0 Å². The maximum absolute atomic E-state index is 13.6. The van der Waals surface area contributed by atoms with Crippen molar-refractivity contribution in [2.24, 2.45) is 0 Å². The largest absolute Gasteiger partial charge is 0.480 e. The van der Waals surface area contributed by atoms with Gasteiger partial charge in [-0.3, -0.25) is 9.59 Å². The third kappa shape index (κ3) is 2.99. The van der Waals surface area contributed by atoms with Crippen molar-refractivity contribution in [3.8, 4) is 0 Å². The molecule has 0 aliphatic carbocycles. The van der Waals surface area contributed by atoms with E-state index in [0.717, 1.165) is 19.1 Å². The number of carboxylic acid groups (broad SMARTS) is 1. The standard InChI is InChI=1S/C11H11F2NO3/c1-7(9(15)16)14-10(17)11(12,13)8-5-3-2-4-6-8/h2-7H,1H3,(H,14,17)(H,15,16)/t7-/m0/s1. The predicted octanol–water partition coefficient (Wildman–Crippen LogP) is 1.37. The number of amides is 1. The molecule has 17 heavy (non-hydrogen) atoms. The third-order valence-corrected chi connectivity index (χ3v) is 2.14. The van der Waals surface area contributed by atoms with Gasteiger partial charge in [0.25, 0.3) is 5.91 Å². The van der Waals surface area contributed by atoms with E-state index in [0.29, 0.717) is 0 Å². The van der Waals surface area contributed by atoms with Crippen molar-refractivity contribution in [2.45, 2.75) is 18.9 Å². The lowest BCUT2D eigenvalue weighted by atomic mass is 10.1. The molecule has 0 unspecified atom stereocenters. The summed E-state index contributed by atoms with van der Waals surface area (Å²) in [6, 6.07) is 5.12. The monoisotopic (exact) mass is 243 g/mol. The number of halogens is 2. The molecule has 2 N–H and O–H groups in total. The van der Waals surface area contributed by atoms with Gasteiger partial charge in [0.15, 0.2) is 0 Å². The number of rotatable bonds is 4. The summed E-state index contributed by atoms with van der Waals surface area (Å²) in [7, 11) is 0. The van der Waals surface area contributed by atoms with Gasteiger partial charge in [0.1, 0.15) is 6.04 Å². The van der Waals surface area contributed by atoms with Crippen LogP contribution in [0.25, 0.3) is 0 Å². The summed E-state index contributed by atoms with van der Waals surface area (Å²) in [6.07, 6.45) is 0. The smallest absolute Gasteiger partial charge is 0.349 e. The molecule has 0 bridgehead atoms. The molecule has 0 aliphatic heterocycles. The fourth-order valence-electron chi connectivity index (χ4n) is 1.13. The first-order chi connectivity index (χ1) is 7.85. The zero-order valence-corrected chi connectivity index (χ0v) is 8.98. The van der Waals surface area contributed by atoms with Crippen molar-refractivity contribution in [2.75, 3.05) is 0 Å². The van der Waals surface area contributed by atoms with Crippen molar-refractivity contribution in [1.82, 2.24) is 5.32 Å². The van der Waals surface area contributed by atoms with E-state index in [1.54, 1.807) is 5.32 Å². The van der Waals surface area contributed by atoms with Gasteiger partial charge in [0.2, 0.25) is 0 Å². The van der Waals surface area contributed by atoms with Gasteiger partial charge in [0, 0.05) is 5.56 Å². The lowest BCUT2D eigenvalue weighted by Gasteiger charge is -2.18. The molecule has 0 saturated carbocycles. The van der Waals surface area contributed by atoms with Gasteiger partial charge >= 0.3 is 11.9 Å². The molecule has 4 nitrogen and oxygen atoms in total. The van der Waals surface area contributed by atoms with Crippen LogP contribution in [0, 0.1) is 0 Å². The SMILES string of the molecule is C[C@H](NC(=O)C(F)(F)c1ccccc1)C(=O)O. The maximum Gasteiger partial charge on any atom is 0.349 e. The van der Waals surface area contributed by atoms with Crippen LogP contribution < -0.4 is 5.32 Å². The molecule has 92 valence electrons. The van der Waals surface area contributed by atoms with Gasteiger partial charge in [-0.05, 0) is 6.92 Å². The first-order valence-electron chi connectivity index (χ1n) is 4.83. The minimum atomic E-state index is -3.75. The van der Waals surface area contributed by atoms with Crippen LogP contribution in [0.1, 0.15) is 12.5 Å². The van der Waals surface area contributed by atoms with Crippen molar-refractivity contribution in [3.05, 3.63) is 35.9 Å². The van der Waals surface area contributed by atoms with Crippen LogP contribution in [0.3, 0.4) is 0 Å². The Bertz CT molecular complexity index is 420. The highest BCUT2D eigenvalue weighted by Crippen LogP contribution is 2.27. The topological polar surface area (TPSA) is 66.4 Å². The summed E-state index contributed by atoms with van der Waals surface area (Å²) >= 11 is 0. The highest BCUT2D eigenvalue weighted by molar-refractivity contribution is 5.88. The summed E-state index contributed by atoms with van der Waals surface area (Å²) in [5.41, 5.74) is -0.477. The Morgan fingerprint density at radius 2 is 1.82 bits per heavy atom.